The lowest BCUT2D eigenvalue weighted by Crippen LogP contribution is -2.36. The third-order valence-corrected chi connectivity index (χ3v) is 4.56. The molecule has 1 aromatic carbocycles. The summed E-state index contributed by atoms with van der Waals surface area (Å²) in [6.07, 6.45) is 0. The van der Waals surface area contributed by atoms with Crippen LogP contribution >= 0.6 is 0 Å². The van der Waals surface area contributed by atoms with Crippen LogP contribution in [0.5, 0.6) is 0 Å². The Morgan fingerprint density at radius 3 is 2.59 bits per heavy atom. The predicted octanol–water partition coefficient (Wildman–Crippen LogP) is 2.33. The minimum atomic E-state index is -1.11. The van der Waals surface area contributed by atoms with Crippen molar-refractivity contribution in [3.63, 3.8) is 0 Å². The smallest absolute Gasteiger partial charge is 0.129 e. The Labute approximate surface area is 105 Å². The highest BCUT2D eigenvalue weighted by atomic mass is 32.2. The summed E-state index contributed by atoms with van der Waals surface area (Å²) in [4.78, 5) is 0.853. The van der Waals surface area contributed by atoms with Crippen molar-refractivity contribution in [2.24, 2.45) is 5.92 Å². The van der Waals surface area contributed by atoms with Gasteiger partial charge in [-0.15, -0.1) is 0 Å². The van der Waals surface area contributed by atoms with E-state index >= 15 is 0 Å². The van der Waals surface area contributed by atoms with Crippen LogP contribution in [0, 0.1) is 12.8 Å². The summed E-state index contributed by atoms with van der Waals surface area (Å²) in [7, 11) is -1.11. The molecule has 0 aliphatic carbocycles. The Morgan fingerprint density at radius 2 is 2.00 bits per heavy atom. The molecule has 1 aromatic rings. The van der Waals surface area contributed by atoms with Gasteiger partial charge in [-0.3, -0.25) is 0 Å². The van der Waals surface area contributed by atoms with Gasteiger partial charge in [-0.1, -0.05) is 31.5 Å². The van der Waals surface area contributed by atoms with Gasteiger partial charge in [0.05, 0.1) is 17.5 Å². The van der Waals surface area contributed by atoms with Crippen LogP contribution < -0.4 is 0 Å². The van der Waals surface area contributed by atoms with Crippen LogP contribution in [0.3, 0.4) is 0 Å². The molecule has 0 bridgehead atoms. The number of hydrogen-bond donors (Lipinski definition) is 0. The van der Waals surface area contributed by atoms with E-state index in [0.29, 0.717) is 19.3 Å². The first kappa shape index (κ1) is 12.7. The molecule has 2 atom stereocenters. The van der Waals surface area contributed by atoms with E-state index < -0.39 is 11.0 Å². The summed E-state index contributed by atoms with van der Waals surface area (Å²) in [5, 5.41) is 0. The average Bonchev–Trinajstić information content (AvgIpc) is 2.78. The van der Waals surface area contributed by atoms with Crippen LogP contribution in [-0.2, 0) is 15.7 Å². The summed E-state index contributed by atoms with van der Waals surface area (Å²) < 4.78 is 19.8. The Kier molecular flexibility index (Phi) is 3.97. The third-order valence-electron chi connectivity index (χ3n) is 3.08. The van der Waals surface area contributed by atoms with Gasteiger partial charge in [-0.2, -0.15) is 4.31 Å². The molecule has 0 aromatic heterocycles. The van der Waals surface area contributed by atoms with Crippen molar-refractivity contribution in [2.75, 3.05) is 13.3 Å². The molecule has 1 saturated heterocycles. The molecule has 2 rings (SSSR count). The van der Waals surface area contributed by atoms with E-state index in [1.807, 2.05) is 35.5 Å². The van der Waals surface area contributed by atoms with E-state index in [9.17, 15) is 4.21 Å². The van der Waals surface area contributed by atoms with E-state index in [0.717, 1.165) is 4.90 Å². The second kappa shape index (κ2) is 5.29. The zero-order valence-electron chi connectivity index (χ0n) is 10.6. The molecule has 0 N–H and O–H groups in total. The van der Waals surface area contributed by atoms with Crippen LogP contribution in [0.4, 0.5) is 0 Å². The van der Waals surface area contributed by atoms with Crippen LogP contribution in [0.15, 0.2) is 29.2 Å². The van der Waals surface area contributed by atoms with Crippen molar-refractivity contribution >= 4 is 11.0 Å². The van der Waals surface area contributed by atoms with Crippen LogP contribution in [0.25, 0.3) is 0 Å². The first-order chi connectivity index (χ1) is 8.09. The van der Waals surface area contributed by atoms with E-state index in [4.69, 9.17) is 4.74 Å². The van der Waals surface area contributed by atoms with Gasteiger partial charge in [0.2, 0.25) is 0 Å². The first-order valence-corrected chi connectivity index (χ1v) is 7.03. The maximum atomic E-state index is 12.4. The molecule has 17 heavy (non-hydrogen) atoms. The van der Waals surface area contributed by atoms with E-state index in [-0.39, 0.29) is 6.04 Å². The second-order valence-electron chi connectivity index (χ2n) is 4.79. The Bertz CT molecular complexity index is 402. The van der Waals surface area contributed by atoms with E-state index in [2.05, 4.69) is 13.8 Å². The highest BCUT2D eigenvalue weighted by molar-refractivity contribution is 7.82. The topological polar surface area (TPSA) is 29.5 Å². The van der Waals surface area contributed by atoms with Gasteiger partial charge in [0, 0.05) is 0 Å². The van der Waals surface area contributed by atoms with Crippen molar-refractivity contribution in [1.82, 2.24) is 4.31 Å². The fraction of sp³-hybridized carbons (Fsp3) is 0.538. The van der Waals surface area contributed by atoms with Gasteiger partial charge >= 0.3 is 0 Å². The Hall–Kier alpha value is -0.710. The van der Waals surface area contributed by atoms with Crippen molar-refractivity contribution in [3.05, 3.63) is 29.8 Å². The molecule has 0 amide bonds. The zero-order chi connectivity index (χ0) is 12.4. The van der Waals surface area contributed by atoms with Gasteiger partial charge in [-0.05, 0) is 25.0 Å². The molecule has 0 saturated carbocycles. The molecule has 1 fully saturated rings. The first-order valence-electron chi connectivity index (χ1n) is 5.92. The number of benzene rings is 1. The van der Waals surface area contributed by atoms with Gasteiger partial charge in [0.25, 0.3) is 0 Å². The van der Waals surface area contributed by atoms with Crippen molar-refractivity contribution < 1.29 is 8.95 Å². The SMILES string of the molecule is Cc1ccc([S@](=O)N2COC[C@@H]2C(C)C)cc1. The summed E-state index contributed by atoms with van der Waals surface area (Å²) in [5.41, 5.74) is 1.18. The van der Waals surface area contributed by atoms with E-state index in [1.54, 1.807) is 0 Å². The number of rotatable bonds is 3. The molecule has 0 spiro atoms. The number of ether oxygens (including phenoxy) is 1. The van der Waals surface area contributed by atoms with Gasteiger partial charge in [0.15, 0.2) is 0 Å². The predicted molar refractivity (Wildman–Crippen MR) is 68.9 cm³/mol. The van der Waals surface area contributed by atoms with Gasteiger partial charge in [0.1, 0.15) is 17.7 Å². The minimum Gasteiger partial charge on any atom is -0.363 e. The minimum absolute atomic E-state index is 0.247. The molecule has 0 radical (unpaired) electrons. The fourth-order valence-electron chi connectivity index (χ4n) is 1.93. The number of hydrogen-bond acceptors (Lipinski definition) is 2. The molecule has 1 aliphatic rings. The van der Waals surface area contributed by atoms with E-state index in [1.165, 1.54) is 5.56 Å². The molecular weight excluding hydrogens is 234 g/mol. The van der Waals surface area contributed by atoms with Gasteiger partial charge in [-0.25, -0.2) is 4.21 Å². The molecule has 0 unspecified atom stereocenters. The second-order valence-corrected chi connectivity index (χ2v) is 6.23. The maximum absolute atomic E-state index is 12.4. The summed E-state index contributed by atoms with van der Waals surface area (Å²) in [5.74, 6) is 0.451. The Morgan fingerprint density at radius 1 is 1.35 bits per heavy atom. The lowest BCUT2D eigenvalue weighted by molar-refractivity contribution is 0.173. The van der Waals surface area contributed by atoms with Crippen LogP contribution in [-0.4, -0.2) is 27.9 Å². The lowest BCUT2D eigenvalue weighted by atomic mass is 10.1. The third kappa shape index (κ3) is 2.76. The highest BCUT2D eigenvalue weighted by Gasteiger charge is 2.32. The van der Waals surface area contributed by atoms with Crippen molar-refractivity contribution in [1.29, 1.82) is 0 Å². The van der Waals surface area contributed by atoms with Crippen molar-refractivity contribution in [3.8, 4) is 0 Å². The van der Waals surface area contributed by atoms with Crippen LogP contribution in [0.1, 0.15) is 19.4 Å². The highest BCUT2D eigenvalue weighted by Crippen LogP contribution is 2.23. The normalized spacial score (nSPS) is 23.2. The molecule has 3 nitrogen and oxygen atoms in total. The molecular formula is C13H19NO2S. The zero-order valence-corrected chi connectivity index (χ0v) is 11.4. The molecule has 4 heteroatoms. The van der Waals surface area contributed by atoms with Crippen molar-refractivity contribution in [2.45, 2.75) is 31.7 Å². The Balaban J connectivity index is 2.17. The summed E-state index contributed by atoms with van der Waals surface area (Å²) in [6.45, 7) is 7.44. The molecule has 1 aliphatic heterocycles. The maximum Gasteiger partial charge on any atom is 0.129 e. The monoisotopic (exact) mass is 253 g/mol. The average molecular weight is 253 g/mol. The number of aryl methyl sites for hydroxylation is 1. The van der Waals surface area contributed by atoms with Gasteiger partial charge < -0.3 is 4.74 Å². The number of nitrogens with zero attached hydrogens (tertiary/aromatic N) is 1. The standard InChI is InChI=1S/C13H19NO2S/c1-10(2)13-8-16-9-14(13)17(15)12-6-4-11(3)5-7-12/h4-7,10,13H,8-9H2,1-3H3/t13-,17+/m1/s1. The quantitative estimate of drug-likeness (QED) is 0.827. The molecule has 94 valence electrons. The summed E-state index contributed by atoms with van der Waals surface area (Å²) in [6, 6.07) is 8.10. The fourth-order valence-corrected chi connectivity index (χ4v) is 3.29. The van der Waals surface area contributed by atoms with Crippen LogP contribution in [0.2, 0.25) is 0 Å². The summed E-state index contributed by atoms with van der Waals surface area (Å²) >= 11 is 0. The largest absolute Gasteiger partial charge is 0.363 e. The lowest BCUT2D eigenvalue weighted by Gasteiger charge is -2.23. The molecule has 1 heterocycles.